The van der Waals surface area contributed by atoms with Crippen molar-refractivity contribution < 1.29 is 13.2 Å². The number of halogens is 3. The van der Waals surface area contributed by atoms with Crippen LogP contribution in [-0.2, 0) is 12.7 Å². The van der Waals surface area contributed by atoms with Crippen molar-refractivity contribution in [3.63, 3.8) is 0 Å². The summed E-state index contributed by atoms with van der Waals surface area (Å²) in [6.45, 7) is 1.56. The van der Waals surface area contributed by atoms with Crippen LogP contribution in [0, 0.1) is 0 Å². The molecule has 1 aliphatic rings. The van der Waals surface area contributed by atoms with Crippen LogP contribution in [0.2, 0.25) is 0 Å². The third-order valence-electron chi connectivity index (χ3n) is 3.66. The fourth-order valence-electron chi connectivity index (χ4n) is 2.42. The maximum atomic E-state index is 12.8. The Bertz CT molecular complexity index is 473. The average molecular weight is 288 g/mol. The smallest absolute Gasteiger partial charge is 0.355 e. The first-order valence-corrected chi connectivity index (χ1v) is 6.51. The van der Waals surface area contributed by atoms with E-state index in [1.54, 1.807) is 0 Å². The van der Waals surface area contributed by atoms with Crippen LogP contribution in [-0.4, -0.2) is 43.1 Å². The first-order chi connectivity index (χ1) is 9.32. The molecule has 7 heteroatoms. The van der Waals surface area contributed by atoms with Gasteiger partial charge in [-0.2, -0.15) is 13.2 Å². The van der Waals surface area contributed by atoms with Gasteiger partial charge in [0.05, 0.1) is 0 Å². The minimum absolute atomic E-state index is 0.184. The number of aromatic nitrogens is 1. The molecule has 0 aliphatic carbocycles. The van der Waals surface area contributed by atoms with Crippen molar-refractivity contribution in [2.24, 2.45) is 5.73 Å². The lowest BCUT2D eigenvalue weighted by molar-refractivity contribution is -0.141. The van der Waals surface area contributed by atoms with E-state index in [4.69, 9.17) is 5.73 Å². The summed E-state index contributed by atoms with van der Waals surface area (Å²) in [5.41, 5.74) is 5.40. The van der Waals surface area contributed by atoms with E-state index in [0.717, 1.165) is 12.5 Å². The average Bonchev–Trinajstić information content (AvgIpc) is 2.86. The van der Waals surface area contributed by atoms with Gasteiger partial charge in [-0.3, -0.25) is 0 Å². The van der Waals surface area contributed by atoms with Crippen LogP contribution < -0.4 is 10.6 Å². The Hall–Kier alpha value is -1.34. The van der Waals surface area contributed by atoms with E-state index >= 15 is 0 Å². The molecule has 1 atom stereocenters. The summed E-state index contributed by atoms with van der Waals surface area (Å²) in [6.07, 6.45) is -3.52. The van der Waals surface area contributed by atoms with Crippen molar-refractivity contribution in [2.45, 2.75) is 25.2 Å². The molecule has 1 aromatic heterocycles. The number of hydrogen-bond acceptors (Lipinski definition) is 4. The normalized spacial score (nSPS) is 19.9. The number of likely N-dealkylation sites (N-methyl/N-ethyl adjacent to an activating group) is 1. The quantitative estimate of drug-likeness (QED) is 0.919. The SMILES string of the molecule is CN(C)[C@@H]1CCN(c2nc(C(F)(F)F)ccc2CN)C1. The number of nitrogens with zero attached hydrogens (tertiary/aromatic N) is 3. The van der Waals surface area contributed by atoms with Gasteiger partial charge in [0.25, 0.3) is 0 Å². The van der Waals surface area contributed by atoms with Gasteiger partial charge in [0.1, 0.15) is 11.5 Å². The summed E-state index contributed by atoms with van der Waals surface area (Å²) < 4.78 is 38.3. The molecule has 0 aromatic carbocycles. The van der Waals surface area contributed by atoms with Gasteiger partial charge < -0.3 is 15.5 Å². The van der Waals surface area contributed by atoms with Gasteiger partial charge in [-0.15, -0.1) is 0 Å². The number of anilines is 1. The lowest BCUT2D eigenvalue weighted by Crippen LogP contribution is -2.32. The summed E-state index contributed by atoms with van der Waals surface area (Å²) in [7, 11) is 3.94. The lowest BCUT2D eigenvalue weighted by Gasteiger charge is -2.23. The van der Waals surface area contributed by atoms with Crippen molar-refractivity contribution in [3.8, 4) is 0 Å². The highest BCUT2D eigenvalue weighted by molar-refractivity contribution is 5.49. The Morgan fingerprint density at radius 3 is 2.60 bits per heavy atom. The van der Waals surface area contributed by atoms with E-state index in [1.165, 1.54) is 6.07 Å². The highest BCUT2D eigenvalue weighted by Gasteiger charge is 2.34. The zero-order valence-corrected chi connectivity index (χ0v) is 11.6. The summed E-state index contributed by atoms with van der Waals surface area (Å²) in [5.74, 6) is 0.367. The Morgan fingerprint density at radius 2 is 2.10 bits per heavy atom. The molecule has 0 radical (unpaired) electrons. The molecule has 2 heterocycles. The number of hydrogen-bond donors (Lipinski definition) is 1. The molecule has 1 fully saturated rings. The standard InChI is InChI=1S/C13H19F3N4/c1-19(2)10-5-6-20(8-10)12-9(7-17)3-4-11(18-12)13(14,15)16/h3-4,10H,5-8,17H2,1-2H3/t10-/m1/s1. The fraction of sp³-hybridized carbons (Fsp3) is 0.615. The van der Waals surface area contributed by atoms with Crippen LogP contribution in [0.5, 0.6) is 0 Å². The summed E-state index contributed by atoms with van der Waals surface area (Å²) in [4.78, 5) is 7.76. The molecule has 0 amide bonds. The van der Waals surface area contributed by atoms with E-state index in [1.807, 2.05) is 19.0 Å². The fourth-order valence-corrected chi connectivity index (χ4v) is 2.42. The third kappa shape index (κ3) is 3.04. The monoisotopic (exact) mass is 288 g/mol. The minimum Gasteiger partial charge on any atom is -0.355 e. The highest BCUT2D eigenvalue weighted by atomic mass is 19.4. The van der Waals surface area contributed by atoms with Gasteiger partial charge in [0, 0.05) is 31.2 Å². The number of rotatable bonds is 3. The first-order valence-electron chi connectivity index (χ1n) is 6.51. The van der Waals surface area contributed by atoms with Gasteiger partial charge >= 0.3 is 6.18 Å². The predicted octanol–water partition coefficient (Wildman–Crippen LogP) is 1.70. The summed E-state index contributed by atoms with van der Waals surface area (Å²) in [5, 5.41) is 0. The molecular weight excluding hydrogens is 269 g/mol. The second-order valence-electron chi connectivity index (χ2n) is 5.23. The molecule has 0 unspecified atom stereocenters. The second-order valence-corrected chi connectivity index (χ2v) is 5.23. The summed E-state index contributed by atoms with van der Waals surface area (Å²) >= 11 is 0. The molecule has 1 saturated heterocycles. The van der Waals surface area contributed by atoms with Gasteiger partial charge in [0.2, 0.25) is 0 Å². The molecule has 4 nitrogen and oxygen atoms in total. The van der Waals surface area contributed by atoms with Crippen molar-refractivity contribution in [1.82, 2.24) is 9.88 Å². The van der Waals surface area contributed by atoms with E-state index in [2.05, 4.69) is 9.88 Å². The Labute approximate surface area is 116 Å². The Morgan fingerprint density at radius 1 is 1.40 bits per heavy atom. The van der Waals surface area contributed by atoms with E-state index in [-0.39, 0.29) is 6.54 Å². The van der Waals surface area contributed by atoms with Crippen LogP contribution in [0.4, 0.5) is 19.0 Å². The zero-order valence-electron chi connectivity index (χ0n) is 11.6. The number of alkyl halides is 3. The van der Waals surface area contributed by atoms with Crippen LogP contribution in [0.15, 0.2) is 12.1 Å². The predicted molar refractivity (Wildman–Crippen MR) is 71.4 cm³/mol. The van der Waals surface area contributed by atoms with Crippen molar-refractivity contribution in [2.75, 3.05) is 32.1 Å². The van der Waals surface area contributed by atoms with Gasteiger partial charge in [-0.25, -0.2) is 4.98 Å². The molecule has 20 heavy (non-hydrogen) atoms. The molecule has 1 aromatic rings. The van der Waals surface area contributed by atoms with Crippen LogP contribution in [0.25, 0.3) is 0 Å². The van der Waals surface area contributed by atoms with E-state index < -0.39 is 11.9 Å². The Kier molecular flexibility index (Phi) is 4.19. The lowest BCUT2D eigenvalue weighted by atomic mass is 10.2. The topological polar surface area (TPSA) is 45.4 Å². The second kappa shape index (κ2) is 5.57. The largest absolute Gasteiger partial charge is 0.433 e. The molecule has 0 spiro atoms. The first kappa shape index (κ1) is 15.1. The zero-order chi connectivity index (χ0) is 14.9. The molecular formula is C13H19F3N4. The highest BCUT2D eigenvalue weighted by Crippen LogP contribution is 2.31. The summed E-state index contributed by atoms with van der Waals surface area (Å²) in [6, 6.07) is 2.75. The van der Waals surface area contributed by atoms with Crippen molar-refractivity contribution in [3.05, 3.63) is 23.4 Å². The maximum absolute atomic E-state index is 12.8. The molecule has 112 valence electrons. The third-order valence-corrected chi connectivity index (χ3v) is 3.66. The molecule has 1 aliphatic heterocycles. The van der Waals surface area contributed by atoms with Crippen LogP contribution >= 0.6 is 0 Å². The Balaban J connectivity index is 2.30. The molecule has 0 bridgehead atoms. The number of nitrogens with two attached hydrogens (primary N) is 1. The molecule has 2 rings (SSSR count). The van der Waals surface area contributed by atoms with Crippen LogP contribution in [0.3, 0.4) is 0 Å². The van der Waals surface area contributed by atoms with E-state index in [9.17, 15) is 13.2 Å². The van der Waals surface area contributed by atoms with Crippen LogP contribution in [0.1, 0.15) is 17.7 Å². The number of pyridine rings is 1. The van der Waals surface area contributed by atoms with Crippen molar-refractivity contribution >= 4 is 5.82 Å². The molecule has 2 N–H and O–H groups in total. The van der Waals surface area contributed by atoms with Gasteiger partial charge in [-0.1, -0.05) is 6.07 Å². The van der Waals surface area contributed by atoms with Gasteiger partial charge in [0.15, 0.2) is 0 Å². The van der Waals surface area contributed by atoms with E-state index in [0.29, 0.717) is 30.5 Å². The minimum atomic E-state index is -4.43. The van der Waals surface area contributed by atoms with Crippen molar-refractivity contribution in [1.29, 1.82) is 0 Å². The van der Waals surface area contributed by atoms with Gasteiger partial charge in [-0.05, 0) is 26.6 Å². The molecule has 0 saturated carbocycles. The maximum Gasteiger partial charge on any atom is 0.433 e.